The highest BCUT2D eigenvalue weighted by atomic mass is 16.6. The Morgan fingerprint density at radius 1 is 1.48 bits per heavy atom. The third-order valence-electron chi connectivity index (χ3n) is 3.06. The predicted molar refractivity (Wildman–Crippen MR) is 73.6 cm³/mol. The third kappa shape index (κ3) is 2.81. The summed E-state index contributed by atoms with van der Waals surface area (Å²) >= 11 is 0. The standard InChI is InChI=1S/C13H13N5O3/c1-7(13-8(2)17-21-9(13)3)15-12-5-4-11(18(19)20)10(6-14)16-12/h4-5,7H,1-3H3,(H,15,16). The van der Waals surface area contributed by atoms with E-state index in [0.717, 1.165) is 11.3 Å². The van der Waals surface area contributed by atoms with Crippen LogP contribution in [0, 0.1) is 35.3 Å². The van der Waals surface area contributed by atoms with Gasteiger partial charge in [0.25, 0.3) is 0 Å². The number of pyridine rings is 1. The van der Waals surface area contributed by atoms with Gasteiger partial charge in [-0.05, 0) is 26.8 Å². The first-order valence-electron chi connectivity index (χ1n) is 6.19. The molecule has 8 nitrogen and oxygen atoms in total. The number of hydrogen-bond acceptors (Lipinski definition) is 7. The van der Waals surface area contributed by atoms with Crippen LogP contribution < -0.4 is 5.32 Å². The van der Waals surface area contributed by atoms with E-state index in [1.165, 1.54) is 12.1 Å². The molecule has 1 unspecified atom stereocenters. The van der Waals surface area contributed by atoms with E-state index in [2.05, 4.69) is 15.5 Å². The van der Waals surface area contributed by atoms with Crippen LogP contribution in [-0.2, 0) is 0 Å². The van der Waals surface area contributed by atoms with Crippen LogP contribution in [0.25, 0.3) is 0 Å². The van der Waals surface area contributed by atoms with Crippen molar-refractivity contribution in [3.05, 3.63) is 45.0 Å². The number of nitro groups is 1. The number of rotatable bonds is 4. The maximum Gasteiger partial charge on any atom is 0.305 e. The molecule has 0 radical (unpaired) electrons. The molecule has 8 heteroatoms. The van der Waals surface area contributed by atoms with Crippen LogP contribution in [0.5, 0.6) is 0 Å². The lowest BCUT2D eigenvalue weighted by Gasteiger charge is -2.14. The molecule has 0 aliphatic heterocycles. The lowest BCUT2D eigenvalue weighted by molar-refractivity contribution is -0.385. The molecule has 21 heavy (non-hydrogen) atoms. The summed E-state index contributed by atoms with van der Waals surface area (Å²) in [5.41, 5.74) is 1.12. The van der Waals surface area contributed by atoms with Crippen LogP contribution in [0.3, 0.4) is 0 Å². The molecule has 2 aromatic rings. The highest BCUT2D eigenvalue weighted by molar-refractivity contribution is 5.51. The molecule has 0 aromatic carbocycles. The molecule has 1 atom stereocenters. The molecule has 0 saturated carbocycles. The fourth-order valence-corrected chi connectivity index (χ4v) is 2.16. The third-order valence-corrected chi connectivity index (χ3v) is 3.06. The minimum Gasteiger partial charge on any atom is -0.363 e. The number of anilines is 1. The Kier molecular flexibility index (Phi) is 3.84. The van der Waals surface area contributed by atoms with Gasteiger partial charge in [0.05, 0.1) is 16.7 Å². The van der Waals surface area contributed by atoms with E-state index in [1.54, 1.807) is 13.0 Å². The van der Waals surface area contributed by atoms with Gasteiger partial charge in [0.2, 0.25) is 5.69 Å². The van der Waals surface area contributed by atoms with Crippen molar-refractivity contribution >= 4 is 11.5 Å². The zero-order valence-electron chi connectivity index (χ0n) is 11.7. The van der Waals surface area contributed by atoms with Crippen molar-refractivity contribution in [2.75, 3.05) is 5.32 Å². The van der Waals surface area contributed by atoms with Crippen molar-refractivity contribution in [1.29, 1.82) is 5.26 Å². The molecule has 2 aromatic heterocycles. The van der Waals surface area contributed by atoms with E-state index in [9.17, 15) is 10.1 Å². The van der Waals surface area contributed by atoms with Crippen LogP contribution in [-0.4, -0.2) is 15.1 Å². The van der Waals surface area contributed by atoms with E-state index in [1.807, 2.05) is 13.8 Å². The highest BCUT2D eigenvalue weighted by Gasteiger charge is 2.19. The fraction of sp³-hybridized carbons (Fsp3) is 0.308. The summed E-state index contributed by atoms with van der Waals surface area (Å²) in [5.74, 6) is 1.07. The summed E-state index contributed by atoms with van der Waals surface area (Å²) in [6.45, 7) is 5.52. The molecular weight excluding hydrogens is 274 g/mol. The molecule has 0 bridgehead atoms. The first kappa shape index (κ1) is 14.5. The Labute approximate surface area is 120 Å². The van der Waals surface area contributed by atoms with Gasteiger partial charge < -0.3 is 9.84 Å². The van der Waals surface area contributed by atoms with Gasteiger partial charge in [-0.3, -0.25) is 10.1 Å². The van der Waals surface area contributed by atoms with E-state index in [-0.39, 0.29) is 17.4 Å². The maximum atomic E-state index is 10.8. The molecule has 2 heterocycles. The van der Waals surface area contributed by atoms with Gasteiger partial charge in [-0.25, -0.2) is 4.98 Å². The van der Waals surface area contributed by atoms with Gasteiger partial charge in [-0.2, -0.15) is 5.26 Å². The largest absolute Gasteiger partial charge is 0.363 e. The summed E-state index contributed by atoms with van der Waals surface area (Å²) in [4.78, 5) is 14.1. The lowest BCUT2D eigenvalue weighted by atomic mass is 10.1. The molecule has 108 valence electrons. The van der Waals surface area contributed by atoms with Crippen LogP contribution in [0.2, 0.25) is 0 Å². The number of nitriles is 1. The average molecular weight is 287 g/mol. The molecule has 0 aliphatic rings. The fourth-order valence-electron chi connectivity index (χ4n) is 2.16. The second-order valence-electron chi connectivity index (χ2n) is 4.54. The number of aryl methyl sites for hydroxylation is 2. The summed E-state index contributed by atoms with van der Waals surface area (Å²) in [6.07, 6.45) is 0. The van der Waals surface area contributed by atoms with E-state index >= 15 is 0 Å². The van der Waals surface area contributed by atoms with Crippen LogP contribution in [0.1, 0.15) is 35.7 Å². The molecule has 1 N–H and O–H groups in total. The van der Waals surface area contributed by atoms with Crippen molar-refractivity contribution in [3.8, 4) is 6.07 Å². The Balaban J connectivity index is 2.29. The van der Waals surface area contributed by atoms with Gasteiger partial charge >= 0.3 is 5.69 Å². The van der Waals surface area contributed by atoms with Crippen LogP contribution in [0.4, 0.5) is 11.5 Å². The van der Waals surface area contributed by atoms with Crippen molar-refractivity contribution in [3.63, 3.8) is 0 Å². The Morgan fingerprint density at radius 2 is 2.19 bits per heavy atom. The zero-order chi connectivity index (χ0) is 15.6. The second-order valence-corrected chi connectivity index (χ2v) is 4.54. The zero-order valence-corrected chi connectivity index (χ0v) is 11.7. The monoisotopic (exact) mass is 287 g/mol. The van der Waals surface area contributed by atoms with Gasteiger partial charge in [-0.15, -0.1) is 0 Å². The van der Waals surface area contributed by atoms with Gasteiger partial charge in [0.1, 0.15) is 17.6 Å². The Morgan fingerprint density at radius 3 is 2.71 bits per heavy atom. The molecule has 0 saturated heterocycles. The summed E-state index contributed by atoms with van der Waals surface area (Å²) in [5, 5.41) is 26.6. The van der Waals surface area contributed by atoms with Gasteiger partial charge in [-0.1, -0.05) is 5.16 Å². The van der Waals surface area contributed by atoms with Crippen molar-refractivity contribution in [2.45, 2.75) is 26.8 Å². The smallest absolute Gasteiger partial charge is 0.305 e. The van der Waals surface area contributed by atoms with Crippen LogP contribution in [0.15, 0.2) is 16.7 Å². The van der Waals surface area contributed by atoms with Gasteiger partial charge in [0.15, 0.2) is 0 Å². The first-order chi connectivity index (χ1) is 9.93. The molecular formula is C13H13N5O3. The number of hydrogen-bond donors (Lipinski definition) is 1. The molecule has 0 spiro atoms. The Bertz CT molecular complexity index is 712. The minimum atomic E-state index is -0.632. The number of nitrogens with one attached hydrogen (secondary N) is 1. The average Bonchev–Trinajstić information content (AvgIpc) is 2.77. The Hall–Kier alpha value is -2.95. The topological polar surface area (TPSA) is 118 Å². The van der Waals surface area contributed by atoms with Gasteiger partial charge in [0, 0.05) is 11.6 Å². The quantitative estimate of drug-likeness (QED) is 0.678. The number of nitrogens with zero attached hydrogens (tertiary/aromatic N) is 4. The second kappa shape index (κ2) is 5.58. The summed E-state index contributed by atoms with van der Waals surface area (Å²) in [6, 6.07) is 4.29. The highest BCUT2D eigenvalue weighted by Crippen LogP contribution is 2.25. The normalized spacial score (nSPS) is 11.7. The van der Waals surface area contributed by atoms with E-state index in [4.69, 9.17) is 9.78 Å². The van der Waals surface area contributed by atoms with E-state index < -0.39 is 4.92 Å². The molecule has 0 fully saturated rings. The molecule has 2 rings (SSSR count). The van der Waals surface area contributed by atoms with E-state index in [0.29, 0.717) is 11.6 Å². The lowest BCUT2D eigenvalue weighted by Crippen LogP contribution is -2.10. The first-order valence-corrected chi connectivity index (χ1v) is 6.19. The van der Waals surface area contributed by atoms with Crippen molar-refractivity contribution in [2.24, 2.45) is 0 Å². The predicted octanol–water partition coefficient (Wildman–Crippen LogP) is 2.64. The minimum absolute atomic E-state index is 0.156. The summed E-state index contributed by atoms with van der Waals surface area (Å²) in [7, 11) is 0. The number of aromatic nitrogens is 2. The SMILES string of the molecule is Cc1noc(C)c1C(C)Nc1ccc([N+](=O)[O-])c(C#N)n1. The van der Waals surface area contributed by atoms with Crippen LogP contribution >= 0.6 is 0 Å². The van der Waals surface area contributed by atoms with Crippen molar-refractivity contribution < 1.29 is 9.45 Å². The molecule has 0 aliphatic carbocycles. The maximum absolute atomic E-state index is 10.8. The molecule has 0 amide bonds. The summed E-state index contributed by atoms with van der Waals surface area (Å²) < 4.78 is 5.10. The van der Waals surface area contributed by atoms with Crippen molar-refractivity contribution in [1.82, 2.24) is 10.1 Å².